The molecule has 1 aliphatic heterocycles. The predicted molar refractivity (Wildman–Crippen MR) is 106 cm³/mol. The number of hydrogen-bond acceptors (Lipinski definition) is 4. The zero-order chi connectivity index (χ0) is 18.1. The molecule has 0 aromatic heterocycles. The van der Waals surface area contributed by atoms with Crippen LogP contribution in [0.3, 0.4) is 0 Å². The average Bonchev–Trinajstić information content (AvgIpc) is 2.85. The first-order valence-corrected chi connectivity index (χ1v) is 9.93. The monoisotopic (exact) mass is 362 g/mol. The topological polar surface area (TPSA) is 42.8 Å². The van der Waals surface area contributed by atoms with Gasteiger partial charge in [0.05, 0.1) is 20.8 Å². The lowest BCUT2D eigenvalue weighted by Crippen LogP contribution is -2.52. The van der Waals surface area contributed by atoms with Crippen LogP contribution >= 0.6 is 11.8 Å². The first-order valence-electron chi connectivity index (χ1n) is 9.12. The summed E-state index contributed by atoms with van der Waals surface area (Å²) in [5.41, 5.74) is 1.16. The van der Waals surface area contributed by atoms with Crippen molar-refractivity contribution < 1.29 is 9.47 Å². The van der Waals surface area contributed by atoms with Gasteiger partial charge in [0.2, 0.25) is 0 Å². The van der Waals surface area contributed by atoms with E-state index in [1.54, 1.807) is 14.2 Å². The molecule has 0 unspecified atom stereocenters. The molecule has 0 radical (unpaired) electrons. The van der Waals surface area contributed by atoms with Crippen LogP contribution in [0.5, 0.6) is 11.5 Å². The van der Waals surface area contributed by atoms with Gasteiger partial charge < -0.3 is 14.8 Å². The molecule has 1 aromatic rings. The predicted octanol–water partition coefficient (Wildman–Crippen LogP) is 4.62. The van der Waals surface area contributed by atoms with Crippen molar-refractivity contribution in [2.24, 2.45) is 10.9 Å². The third-order valence-electron chi connectivity index (χ3n) is 5.82. The highest BCUT2D eigenvalue weighted by molar-refractivity contribution is 8.15. The average molecular weight is 363 g/mol. The van der Waals surface area contributed by atoms with E-state index in [1.165, 1.54) is 25.7 Å². The fourth-order valence-electron chi connectivity index (χ4n) is 3.89. The van der Waals surface area contributed by atoms with Crippen molar-refractivity contribution in [3.63, 3.8) is 0 Å². The Morgan fingerprint density at radius 3 is 2.56 bits per heavy atom. The van der Waals surface area contributed by atoms with E-state index >= 15 is 0 Å². The summed E-state index contributed by atoms with van der Waals surface area (Å²) < 4.78 is 11.0. The minimum absolute atomic E-state index is 0.0840. The minimum atomic E-state index is 0.0840. The minimum Gasteiger partial charge on any atom is -0.497 e. The molecule has 1 aliphatic carbocycles. The molecule has 1 saturated heterocycles. The third kappa shape index (κ3) is 3.62. The number of rotatable bonds is 4. The molecule has 0 atom stereocenters. The molecular formula is C20H30N2O2S. The van der Waals surface area contributed by atoms with Crippen molar-refractivity contribution in [1.29, 1.82) is 0 Å². The van der Waals surface area contributed by atoms with Gasteiger partial charge in [0.15, 0.2) is 5.17 Å². The molecule has 138 valence electrons. The van der Waals surface area contributed by atoms with Crippen LogP contribution in [0, 0.1) is 5.92 Å². The van der Waals surface area contributed by atoms with Crippen molar-refractivity contribution in [2.45, 2.75) is 63.3 Å². The number of ether oxygens (including phenoxy) is 2. The van der Waals surface area contributed by atoms with Crippen LogP contribution in [-0.4, -0.2) is 29.7 Å². The van der Waals surface area contributed by atoms with Crippen LogP contribution in [-0.2, 0) is 6.54 Å². The van der Waals surface area contributed by atoms with E-state index < -0.39 is 0 Å². The molecule has 1 aromatic carbocycles. The molecule has 1 heterocycles. The van der Waals surface area contributed by atoms with E-state index in [0.29, 0.717) is 6.54 Å². The number of thioether (sulfide) groups is 1. The summed E-state index contributed by atoms with van der Waals surface area (Å²) >= 11 is 1.96. The number of benzene rings is 1. The molecule has 0 bridgehead atoms. The van der Waals surface area contributed by atoms with E-state index in [1.807, 2.05) is 30.0 Å². The van der Waals surface area contributed by atoms with Crippen LogP contribution in [0.25, 0.3) is 0 Å². The second-order valence-electron chi connectivity index (χ2n) is 7.83. The van der Waals surface area contributed by atoms with Crippen LogP contribution in [0.4, 0.5) is 0 Å². The van der Waals surface area contributed by atoms with Gasteiger partial charge in [0.25, 0.3) is 0 Å². The van der Waals surface area contributed by atoms with Gasteiger partial charge in [0, 0.05) is 21.9 Å². The summed E-state index contributed by atoms with van der Waals surface area (Å²) in [4.78, 5) is 4.87. The highest BCUT2D eigenvalue weighted by atomic mass is 32.2. The summed E-state index contributed by atoms with van der Waals surface area (Å²) in [5, 5.41) is 4.75. The van der Waals surface area contributed by atoms with Crippen molar-refractivity contribution in [1.82, 2.24) is 5.32 Å². The first-order chi connectivity index (χ1) is 11.9. The molecule has 1 spiro atoms. The highest BCUT2D eigenvalue weighted by Crippen LogP contribution is 2.52. The van der Waals surface area contributed by atoms with E-state index in [2.05, 4.69) is 26.1 Å². The maximum Gasteiger partial charge on any atom is 0.157 e. The number of nitrogens with zero attached hydrogens (tertiary/aromatic N) is 1. The fourth-order valence-corrected chi connectivity index (χ4v) is 5.44. The van der Waals surface area contributed by atoms with E-state index in [-0.39, 0.29) is 10.3 Å². The molecular weight excluding hydrogens is 332 g/mol. The van der Waals surface area contributed by atoms with Crippen molar-refractivity contribution in [3.05, 3.63) is 23.8 Å². The molecule has 3 rings (SSSR count). The van der Waals surface area contributed by atoms with Crippen LogP contribution in [0.1, 0.15) is 52.0 Å². The molecule has 2 fully saturated rings. The Morgan fingerprint density at radius 2 is 1.92 bits per heavy atom. The smallest absolute Gasteiger partial charge is 0.157 e. The quantitative estimate of drug-likeness (QED) is 0.848. The Kier molecular flexibility index (Phi) is 5.24. The second kappa shape index (κ2) is 7.10. The summed E-state index contributed by atoms with van der Waals surface area (Å²) in [6.07, 6.45) is 5.17. The maximum atomic E-state index is 5.49. The summed E-state index contributed by atoms with van der Waals surface area (Å²) in [6, 6.07) is 5.91. The molecule has 4 nitrogen and oxygen atoms in total. The van der Waals surface area contributed by atoms with Gasteiger partial charge >= 0.3 is 0 Å². The van der Waals surface area contributed by atoms with Gasteiger partial charge in [-0.3, -0.25) is 4.99 Å². The molecule has 2 aliphatic rings. The van der Waals surface area contributed by atoms with Gasteiger partial charge in [-0.15, -0.1) is 0 Å². The van der Waals surface area contributed by atoms with Crippen molar-refractivity contribution >= 4 is 16.9 Å². The number of aliphatic imine (C=N–C) groups is 1. The van der Waals surface area contributed by atoms with Gasteiger partial charge in [-0.05, 0) is 57.6 Å². The lowest BCUT2D eigenvalue weighted by molar-refractivity contribution is 0.231. The zero-order valence-corrected chi connectivity index (χ0v) is 16.8. The van der Waals surface area contributed by atoms with Crippen molar-refractivity contribution in [3.8, 4) is 11.5 Å². The second-order valence-corrected chi connectivity index (χ2v) is 9.20. The molecule has 25 heavy (non-hydrogen) atoms. The van der Waals surface area contributed by atoms with E-state index in [9.17, 15) is 0 Å². The Hall–Kier alpha value is -1.36. The van der Waals surface area contributed by atoms with Crippen LogP contribution in [0.2, 0.25) is 0 Å². The lowest BCUT2D eigenvalue weighted by atomic mass is 9.73. The molecule has 5 heteroatoms. The first kappa shape index (κ1) is 18.4. The molecule has 0 amide bonds. The van der Waals surface area contributed by atoms with Gasteiger partial charge in [-0.2, -0.15) is 0 Å². The van der Waals surface area contributed by atoms with Gasteiger partial charge in [0.1, 0.15) is 11.5 Å². The Balaban J connectivity index is 1.75. The summed E-state index contributed by atoms with van der Waals surface area (Å²) in [5.74, 6) is 2.48. The standard InChI is InChI=1S/C20H30N2O2S/c1-14-8-10-20(11-9-14)19(2,3)22-18(25-20)21-13-15-6-7-16(23-4)12-17(15)24-5/h6-7,12,14H,8-11,13H2,1-5H3,(H,21,22). The van der Waals surface area contributed by atoms with E-state index in [4.69, 9.17) is 14.5 Å². The summed E-state index contributed by atoms with van der Waals surface area (Å²) in [6.45, 7) is 7.64. The zero-order valence-electron chi connectivity index (χ0n) is 16.0. The molecule has 1 N–H and O–H groups in total. The SMILES string of the molecule is COc1ccc(CN=C2NC(C)(C)C3(CCC(C)CC3)S2)c(OC)c1. The van der Waals surface area contributed by atoms with Crippen LogP contribution in [0.15, 0.2) is 23.2 Å². The Labute approximate surface area is 155 Å². The largest absolute Gasteiger partial charge is 0.497 e. The lowest BCUT2D eigenvalue weighted by Gasteiger charge is -2.43. The van der Waals surface area contributed by atoms with Crippen molar-refractivity contribution in [2.75, 3.05) is 14.2 Å². The summed E-state index contributed by atoms with van der Waals surface area (Å²) in [7, 11) is 3.36. The normalized spacial score (nSPS) is 29.6. The molecule has 1 saturated carbocycles. The highest BCUT2D eigenvalue weighted by Gasteiger charge is 2.53. The maximum absolute atomic E-state index is 5.49. The number of amidine groups is 1. The van der Waals surface area contributed by atoms with Gasteiger partial charge in [-0.1, -0.05) is 18.7 Å². The number of nitrogens with one attached hydrogen (secondary N) is 1. The van der Waals surface area contributed by atoms with E-state index in [0.717, 1.165) is 28.1 Å². The Bertz CT molecular complexity index is 649. The number of hydrogen-bond donors (Lipinski definition) is 1. The van der Waals surface area contributed by atoms with Gasteiger partial charge in [-0.25, -0.2) is 0 Å². The third-order valence-corrected chi connectivity index (χ3v) is 7.55. The number of methoxy groups -OCH3 is 2. The fraction of sp³-hybridized carbons (Fsp3) is 0.650. The van der Waals surface area contributed by atoms with Crippen LogP contribution < -0.4 is 14.8 Å². The Morgan fingerprint density at radius 1 is 1.20 bits per heavy atom.